The highest BCUT2D eigenvalue weighted by molar-refractivity contribution is 5.98. The third-order valence-electron chi connectivity index (χ3n) is 10.3. The number of aliphatic hydroxyl groups is 1. The number of carboxylic acid groups (broad SMARTS) is 1. The first kappa shape index (κ1) is 48.5. The van der Waals surface area contributed by atoms with Crippen LogP contribution in [0.1, 0.15) is 72.8 Å². The Morgan fingerprint density at radius 2 is 1.53 bits per heavy atom. The molecule has 0 aliphatic carbocycles. The molecular weight excluding hydrogens is 780 g/mol. The third kappa shape index (κ3) is 14.5. The number of benzene rings is 1. The highest BCUT2D eigenvalue weighted by Crippen LogP contribution is 2.22. The summed E-state index contributed by atoms with van der Waals surface area (Å²) in [6.07, 6.45) is 3.07. The van der Waals surface area contributed by atoms with Gasteiger partial charge >= 0.3 is 5.97 Å². The number of carbonyl (C=O) groups excluding carboxylic acids is 8. The summed E-state index contributed by atoms with van der Waals surface area (Å²) in [5, 5.41) is 34.7. The first-order chi connectivity index (χ1) is 28.3. The molecule has 7 atom stereocenters. The van der Waals surface area contributed by atoms with Gasteiger partial charge in [0.05, 0.1) is 26.2 Å². The second-order valence-corrected chi connectivity index (χ2v) is 15.7. The summed E-state index contributed by atoms with van der Waals surface area (Å²) in [6.45, 7) is 8.76. The molecule has 8 N–H and O–H groups in total. The molecule has 1 aromatic rings. The van der Waals surface area contributed by atoms with Crippen molar-refractivity contribution in [3.8, 4) is 0 Å². The number of rotatable bonds is 21. The van der Waals surface area contributed by atoms with E-state index in [0.29, 0.717) is 36.9 Å². The second kappa shape index (κ2) is 23.1. The van der Waals surface area contributed by atoms with E-state index in [2.05, 4.69) is 31.9 Å². The minimum absolute atomic E-state index is 0.00153. The zero-order valence-corrected chi connectivity index (χ0v) is 35.1. The summed E-state index contributed by atoms with van der Waals surface area (Å²) in [5.41, 5.74) is 1.01. The fourth-order valence-corrected chi connectivity index (χ4v) is 6.95. The molecule has 1 saturated heterocycles. The molecule has 0 spiro atoms. The molecule has 2 heterocycles. The predicted octanol–water partition coefficient (Wildman–Crippen LogP) is -1.26. The first-order valence-corrected chi connectivity index (χ1v) is 20.3. The van der Waals surface area contributed by atoms with E-state index in [1.54, 1.807) is 30.3 Å². The van der Waals surface area contributed by atoms with Crippen LogP contribution in [0.3, 0.4) is 0 Å². The second-order valence-electron chi connectivity index (χ2n) is 15.7. The fraction of sp³-hybridized carbons (Fsp3) is 0.585. The Kier molecular flexibility index (Phi) is 18.7. The van der Waals surface area contributed by atoms with Crippen molar-refractivity contribution in [2.75, 3.05) is 32.8 Å². The van der Waals surface area contributed by atoms with E-state index in [1.165, 1.54) is 29.7 Å². The van der Waals surface area contributed by atoms with Gasteiger partial charge in [-0.15, -0.1) is 0 Å². The normalized spacial score (nSPS) is 18.2. The molecule has 0 saturated carbocycles. The lowest BCUT2D eigenvalue weighted by Crippen LogP contribution is -2.58. The van der Waals surface area contributed by atoms with Crippen LogP contribution in [0.25, 0.3) is 0 Å². The van der Waals surface area contributed by atoms with Crippen LogP contribution in [-0.4, -0.2) is 142 Å². The van der Waals surface area contributed by atoms with Gasteiger partial charge < -0.3 is 51.9 Å². The number of aliphatic carboxylic acids is 1. The summed E-state index contributed by atoms with van der Waals surface area (Å²) < 4.78 is 0. The van der Waals surface area contributed by atoms with E-state index in [-0.39, 0.29) is 49.6 Å². The Hall–Kier alpha value is -5.85. The van der Waals surface area contributed by atoms with Crippen LogP contribution in [0.15, 0.2) is 42.1 Å². The highest BCUT2D eigenvalue weighted by Gasteiger charge is 2.40. The number of carbonyl (C=O) groups is 9. The quantitative estimate of drug-likeness (QED) is 0.0721. The smallest absolute Gasteiger partial charge is 0.326 e. The summed E-state index contributed by atoms with van der Waals surface area (Å²) in [7, 11) is 0. The van der Waals surface area contributed by atoms with Gasteiger partial charge in [-0.25, -0.2) is 4.79 Å². The zero-order valence-electron chi connectivity index (χ0n) is 35.1. The van der Waals surface area contributed by atoms with Crippen molar-refractivity contribution in [2.45, 2.75) is 110 Å². The van der Waals surface area contributed by atoms with E-state index in [4.69, 9.17) is 0 Å². The zero-order chi connectivity index (χ0) is 44.7. The van der Waals surface area contributed by atoms with Gasteiger partial charge in [0, 0.05) is 31.7 Å². The Morgan fingerprint density at radius 1 is 0.850 bits per heavy atom. The van der Waals surface area contributed by atoms with Crippen molar-refractivity contribution in [2.24, 2.45) is 11.8 Å². The molecule has 1 aromatic carbocycles. The minimum atomic E-state index is -1.52. The van der Waals surface area contributed by atoms with Gasteiger partial charge in [-0.3, -0.25) is 38.4 Å². The molecule has 2 aliphatic heterocycles. The van der Waals surface area contributed by atoms with Gasteiger partial charge in [-0.2, -0.15) is 0 Å². The standard InChI is InChI=1S/C41H60N8O11/c1-7-24(4)35(44-26(6)51)40(58)48-20-28(18-29(52)21-48)45-30(16-23(2)3)39(57)49-15-11-14-33(49)38(56)43-25(5)36(54)47-32(22-50)37(55)42-19-34(53)46-31(41(59)60)17-27-12-9-8-10-13-27/h8-10,12-13,18,23-25,30-33,35,45,50H,7,11,14-17,19-22H2,1-6H3,(H,42,55)(H,43,56)(H,44,51)(H,46,53)(H,47,54)(H,59,60)/t24-,25-,30-,31-,32-,33-,35-/m0/s1. The lowest BCUT2D eigenvalue weighted by molar-refractivity contribution is -0.142. The molecule has 0 radical (unpaired) electrons. The molecule has 0 aromatic heterocycles. The Labute approximate surface area is 349 Å². The summed E-state index contributed by atoms with van der Waals surface area (Å²) in [5.74, 6) is -6.26. The monoisotopic (exact) mass is 840 g/mol. The molecule has 0 unspecified atom stereocenters. The van der Waals surface area contributed by atoms with Crippen LogP contribution in [0.4, 0.5) is 0 Å². The van der Waals surface area contributed by atoms with E-state index in [9.17, 15) is 53.4 Å². The van der Waals surface area contributed by atoms with E-state index in [0.717, 1.165) is 0 Å². The summed E-state index contributed by atoms with van der Waals surface area (Å²) in [4.78, 5) is 119. The first-order valence-electron chi connectivity index (χ1n) is 20.3. The Bertz CT molecular complexity index is 1770. The van der Waals surface area contributed by atoms with Crippen LogP contribution in [-0.2, 0) is 49.6 Å². The van der Waals surface area contributed by atoms with Crippen molar-refractivity contribution in [1.29, 1.82) is 0 Å². The van der Waals surface area contributed by atoms with Gasteiger partial charge in [0.2, 0.25) is 41.4 Å². The lowest BCUT2D eigenvalue weighted by Gasteiger charge is -2.35. The number of nitrogens with zero attached hydrogens (tertiary/aromatic N) is 2. The van der Waals surface area contributed by atoms with Gasteiger partial charge in [-0.05, 0) is 43.6 Å². The predicted molar refractivity (Wildman–Crippen MR) is 217 cm³/mol. The Morgan fingerprint density at radius 3 is 2.13 bits per heavy atom. The van der Waals surface area contributed by atoms with Crippen LogP contribution in [0.5, 0.6) is 0 Å². The minimum Gasteiger partial charge on any atom is -0.480 e. The van der Waals surface area contributed by atoms with Crippen LogP contribution < -0.4 is 31.9 Å². The molecule has 2 aliphatic rings. The Balaban J connectivity index is 1.60. The van der Waals surface area contributed by atoms with Crippen molar-refractivity contribution >= 4 is 53.1 Å². The molecule has 60 heavy (non-hydrogen) atoms. The maximum absolute atomic E-state index is 14.1. The topological polar surface area (TPSA) is 273 Å². The largest absolute Gasteiger partial charge is 0.480 e. The SMILES string of the molecule is CC[C@H](C)[C@H](NC(C)=O)C(=O)N1CC(=O)C=C(N[C@@H](CC(C)C)C(=O)N2CCC[C@H]2C(=O)N[C@@H](C)C(=O)N[C@@H](CO)C(=O)NCC(=O)N[C@@H](Cc2ccccc2)C(=O)O)C1. The van der Waals surface area contributed by atoms with Crippen LogP contribution in [0.2, 0.25) is 0 Å². The number of ketones is 1. The van der Waals surface area contributed by atoms with Crippen molar-refractivity contribution in [3.63, 3.8) is 0 Å². The number of hydrogen-bond acceptors (Lipinski definition) is 11. The number of carboxylic acids is 1. The van der Waals surface area contributed by atoms with Gasteiger partial charge in [0.25, 0.3) is 0 Å². The van der Waals surface area contributed by atoms with E-state index < -0.39 is 90.8 Å². The molecule has 0 bridgehead atoms. The highest BCUT2D eigenvalue weighted by atomic mass is 16.4. The van der Waals surface area contributed by atoms with Gasteiger partial charge in [0.15, 0.2) is 5.78 Å². The van der Waals surface area contributed by atoms with Gasteiger partial charge in [-0.1, -0.05) is 64.4 Å². The molecular formula is C41H60N8O11. The van der Waals surface area contributed by atoms with E-state index in [1.807, 2.05) is 27.7 Å². The average Bonchev–Trinajstić information content (AvgIpc) is 3.70. The molecule has 1 fully saturated rings. The molecule has 19 heteroatoms. The lowest BCUT2D eigenvalue weighted by atomic mass is 9.96. The summed E-state index contributed by atoms with van der Waals surface area (Å²) >= 11 is 0. The molecule has 3 rings (SSSR count). The van der Waals surface area contributed by atoms with Crippen LogP contribution >= 0.6 is 0 Å². The number of aliphatic hydroxyl groups excluding tert-OH is 1. The number of hydrogen-bond donors (Lipinski definition) is 8. The van der Waals surface area contributed by atoms with Crippen molar-refractivity contribution < 1.29 is 53.4 Å². The number of nitrogens with one attached hydrogen (secondary N) is 6. The maximum Gasteiger partial charge on any atom is 0.326 e. The average molecular weight is 841 g/mol. The van der Waals surface area contributed by atoms with Crippen molar-refractivity contribution in [3.05, 3.63) is 47.7 Å². The molecule has 7 amide bonds. The number of amides is 7. The summed E-state index contributed by atoms with van der Waals surface area (Å²) in [6, 6.07) is 1.94. The third-order valence-corrected chi connectivity index (χ3v) is 10.3. The fourth-order valence-electron chi connectivity index (χ4n) is 6.95. The maximum atomic E-state index is 14.1. The number of likely N-dealkylation sites (tertiary alicyclic amines) is 1. The van der Waals surface area contributed by atoms with Crippen molar-refractivity contribution in [1.82, 2.24) is 41.7 Å². The van der Waals surface area contributed by atoms with Crippen LogP contribution in [0, 0.1) is 11.8 Å². The van der Waals surface area contributed by atoms with E-state index >= 15 is 0 Å². The molecule has 19 nitrogen and oxygen atoms in total. The van der Waals surface area contributed by atoms with Gasteiger partial charge in [0.1, 0.15) is 36.3 Å². The molecule has 330 valence electrons.